The number of methoxy groups -OCH3 is 1. The summed E-state index contributed by atoms with van der Waals surface area (Å²) < 4.78 is 16.4. The van der Waals surface area contributed by atoms with Gasteiger partial charge in [0.1, 0.15) is 0 Å². The van der Waals surface area contributed by atoms with E-state index in [9.17, 15) is 0 Å². The SMILES string of the molecule is COCCOCCOC1(CN)CCC(C(C)C)CC1. The average Bonchev–Trinajstić information content (AvgIpc) is 2.43. The van der Waals surface area contributed by atoms with Gasteiger partial charge >= 0.3 is 0 Å². The van der Waals surface area contributed by atoms with Gasteiger partial charge in [-0.25, -0.2) is 0 Å². The lowest BCUT2D eigenvalue weighted by atomic mass is 9.74. The number of ether oxygens (including phenoxy) is 3. The molecule has 2 N–H and O–H groups in total. The molecule has 0 radical (unpaired) electrons. The summed E-state index contributed by atoms with van der Waals surface area (Å²) in [6.07, 6.45) is 4.65. The summed E-state index contributed by atoms with van der Waals surface area (Å²) in [7, 11) is 1.68. The lowest BCUT2D eigenvalue weighted by Gasteiger charge is -2.40. The van der Waals surface area contributed by atoms with Crippen molar-refractivity contribution in [2.24, 2.45) is 17.6 Å². The molecule has 0 aliphatic heterocycles. The Labute approximate surface area is 118 Å². The third kappa shape index (κ3) is 5.78. The van der Waals surface area contributed by atoms with E-state index in [0.717, 1.165) is 24.7 Å². The van der Waals surface area contributed by atoms with E-state index >= 15 is 0 Å². The highest BCUT2D eigenvalue weighted by Crippen LogP contribution is 2.37. The van der Waals surface area contributed by atoms with Gasteiger partial charge in [-0.3, -0.25) is 0 Å². The van der Waals surface area contributed by atoms with Crippen molar-refractivity contribution in [1.82, 2.24) is 0 Å². The van der Waals surface area contributed by atoms with Crippen LogP contribution in [0.5, 0.6) is 0 Å². The van der Waals surface area contributed by atoms with Gasteiger partial charge in [-0.2, -0.15) is 0 Å². The minimum Gasteiger partial charge on any atom is -0.382 e. The fourth-order valence-electron chi connectivity index (χ4n) is 2.80. The van der Waals surface area contributed by atoms with Gasteiger partial charge in [0.15, 0.2) is 0 Å². The zero-order valence-corrected chi connectivity index (χ0v) is 12.8. The fourth-order valence-corrected chi connectivity index (χ4v) is 2.80. The van der Waals surface area contributed by atoms with Gasteiger partial charge in [0.25, 0.3) is 0 Å². The van der Waals surface area contributed by atoms with Crippen LogP contribution >= 0.6 is 0 Å². The van der Waals surface area contributed by atoms with Crippen molar-refractivity contribution in [3.05, 3.63) is 0 Å². The lowest BCUT2D eigenvalue weighted by molar-refractivity contribution is -0.0926. The quantitative estimate of drug-likeness (QED) is 0.654. The van der Waals surface area contributed by atoms with Gasteiger partial charge in [-0.15, -0.1) is 0 Å². The van der Waals surface area contributed by atoms with E-state index in [2.05, 4.69) is 13.8 Å². The first-order chi connectivity index (χ1) is 9.13. The Hall–Kier alpha value is -0.160. The molecule has 0 saturated heterocycles. The second-order valence-electron chi connectivity index (χ2n) is 5.92. The van der Waals surface area contributed by atoms with Gasteiger partial charge in [-0.05, 0) is 37.5 Å². The molecule has 0 bridgehead atoms. The van der Waals surface area contributed by atoms with Gasteiger partial charge in [0.05, 0.1) is 32.0 Å². The Morgan fingerprint density at radius 2 is 1.74 bits per heavy atom. The molecule has 1 saturated carbocycles. The molecule has 0 aromatic heterocycles. The molecule has 114 valence electrons. The van der Waals surface area contributed by atoms with E-state index in [0.29, 0.717) is 33.0 Å². The summed E-state index contributed by atoms with van der Waals surface area (Å²) in [4.78, 5) is 0. The zero-order valence-electron chi connectivity index (χ0n) is 12.8. The van der Waals surface area contributed by atoms with Crippen LogP contribution in [0.15, 0.2) is 0 Å². The molecule has 0 amide bonds. The average molecular weight is 273 g/mol. The summed E-state index contributed by atoms with van der Waals surface area (Å²) in [5.74, 6) is 1.61. The Balaban J connectivity index is 2.22. The summed E-state index contributed by atoms with van der Waals surface area (Å²) >= 11 is 0. The van der Waals surface area contributed by atoms with Crippen LogP contribution in [-0.4, -0.2) is 45.7 Å². The predicted octanol–water partition coefficient (Wildman–Crippen LogP) is 2.21. The number of rotatable bonds is 9. The van der Waals surface area contributed by atoms with E-state index in [1.807, 2.05) is 0 Å². The number of hydrogen-bond donors (Lipinski definition) is 1. The molecule has 0 heterocycles. The summed E-state index contributed by atoms with van der Waals surface area (Å²) in [6, 6.07) is 0. The summed E-state index contributed by atoms with van der Waals surface area (Å²) in [5.41, 5.74) is 5.84. The number of hydrogen-bond acceptors (Lipinski definition) is 4. The van der Waals surface area contributed by atoms with Crippen molar-refractivity contribution in [3.63, 3.8) is 0 Å². The van der Waals surface area contributed by atoms with Crippen molar-refractivity contribution in [3.8, 4) is 0 Å². The largest absolute Gasteiger partial charge is 0.382 e. The second-order valence-corrected chi connectivity index (χ2v) is 5.92. The third-order valence-corrected chi connectivity index (χ3v) is 4.32. The van der Waals surface area contributed by atoms with Crippen LogP contribution in [0.4, 0.5) is 0 Å². The summed E-state index contributed by atoms with van der Waals surface area (Å²) in [6.45, 7) is 7.76. The van der Waals surface area contributed by atoms with Crippen LogP contribution < -0.4 is 5.73 Å². The standard InChI is InChI=1S/C15H31NO3/c1-13(2)14-4-6-15(12-16,7-5-14)19-11-10-18-9-8-17-3/h13-14H,4-12,16H2,1-3H3. The van der Waals surface area contributed by atoms with Crippen LogP contribution in [0.2, 0.25) is 0 Å². The minimum absolute atomic E-state index is 0.101. The topological polar surface area (TPSA) is 53.7 Å². The van der Waals surface area contributed by atoms with E-state index in [4.69, 9.17) is 19.9 Å². The smallest absolute Gasteiger partial charge is 0.0805 e. The van der Waals surface area contributed by atoms with Crippen LogP contribution in [0.1, 0.15) is 39.5 Å². The molecule has 1 fully saturated rings. The van der Waals surface area contributed by atoms with Crippen LogP contribution in [0, 0.1) is 11.8 Å². The van der Waals surface area contributed by atoms with Crippen molar-refractivity contribution < 1.29 is 14.2 Å². The zero-order chi connectivity index (χ0) is 14.1. The highest BCUT2D eigenvalue weighted by molar-refractivity contribution is 4.89. The molecule has 4 heteroatoms. The highest BCUT2D eigenvalue weighted by atomic mass is 16.5. The Kier molecular flexibility index (Phi) is 7.91. The fraction of sp³-hybridized carbons (Fsp3) is 1.00. The molecule has 0 unspecified atom stereocenters. The first-order valence-electron chi connectivity index (χ1n) is 7.54. The Bertz CT molecular complexity index is 225. The van der Waals surface area contributed by atoms with Gasteiger partial charge in [0, 0.05) is 13.7 Å². The summed E-state index contributed by atoms with van der Waals surface area (Å²) in [5, 5.41) is 0. The number of nitrogens with two attached hydrogens (primary N) is 1. The maximum Gasteiger partial charge on any atom is 0.0805 e. The van der Waals surface area contributed by atoms with Crippen molar-refractivity contribution in [1.29, 1.82) is 0 Å². The maximum absolute atomic E-state index is 6.04. The molecule has 0 spiro atoms. The third-order valence-electron chi connectivity index (χ3n) is 4.32. The van der Waals surface area contributed by atoms with Crippen molar-refractivity contribution in [2.75, 3.05) is 40.1 Å². The van der Waals surface area contributed by atoms with Crippen molar-refractivity contribution in [2.45, 2.75) is 45.1 Å². The minimum atomic E-state index is -0.101. The molecule has 19 heavy (non-hydrogen) atoms. The highest BCUT2D eigenvalue weighted by Gasteiger charge is 2.35. The molecule has 1 aliphatic carbocycles. The van der Waals surface area contributed by atoms with Crippen LogP contribution in [-0.2, 0) is 14.2 Å². The monoisotopic (exact) mass is 273 g/mol. The lowest BCUT2D eigenvalue weighted by Crippen LogP contribution is -2.45. The van der Waals surface area contributed by atoms with Gasteiger partial charge in [-0.1, -0.05) is 13.8 Å². The first-order valence-corrected chi connectivity index (χ1v) is 7.54. The molecule has 4 nitrogen and oxygen atoms in total. The van der Waals surface area contributed by atoms with E-state index in [-0.39, 0.29) is 5.60 Å². The Morgan fingerprint density at radius 1 is 1.11 bits per heavy atom. The van der Waals surface area contributed by atoms with Gasteiger partial charge in [0.2, 0.25) is 0 Å². The van der Waals surface area contributed by atoms with Gasteiger partial charge < -0.3 is 19.9 Å². The molecule has 0 aromatic rings. The van der Waals surface area contributed by atoms with E-state index in [1.54, 1.807) is 7.11 Å². The van der Waals surface area contributed by atoms with Crippen LogP contribution in [0.25, 0.3) is 0 Å². The molecule has 0 aromatic carbocycles. The van der Waals surface area contributed by atoms with Crippen molar-refractivity contribution >= 4 is 0 Å². The normalized spacial score (nSPS) is 27.9. The van der Waals surface area contributed by atoms with E-state index in [1.165, 1.54) is 12.8 Å². The Morgan fingerprint density at radius 3 is 2.26 bits per heavy atom. The molecular formula is C15H31NO3. The predicted molar refractivity (Wildman–Crippen MR) is 77.2 cm³/mol. The molecule has 1 rings (SSSR count). The van der Waals surface area contributed by atoms with Crippen LogP contribution in [0.3, 0.4) is 0 Å². The maximum atomic E-state index is 6.04. The molecule has 1 aliphatic rings. The first kappa shape index (κ1) is 16.9. The second kappa shape index (κ2) is 8.90. The molecule has 0 atom stereocenters. The molecular weight excluding hydrogens is 242 g/mol. The van der Waals surface area contributed by atoms with E-state index < -0.39 is 0 Å².